The fourth-order valence-corrected chi connectivity index (χ4v) is 5.27. The second-order valence-corrected chi connectivity index (χ2v) is 10.6. The number of ether oxygens (including phenoxy) is 2. The Bertz CT molecular complexity index is 1350. The summed E-state index contributed by atoms with van der Waals surface area (Å²) in [6.45, 7) is 1.72. The number of aliphatic hydroxyl groups is 1. The highest BCUT2D eigenvalue weighted by Gasteiger charge is 2.32. The van der Waals surface area contributed by atoms with Gasteiger partial charge >= 0.3 is 6.36 Å². The fraction of sp³-hybridized carbons (Fsp3) is 0.346. The summed E-state index contributed by atoms with van der Waals surface area (Å²) >= 11 is 0. The van der Waals surface area contributed by atoms with Crippen LogP contribution in [0.1, 0.15) is 30.9 Å². The van der Waals surface area contributed by atoms with E-state index < -0.39 is 51.2 Å². The quantitative estimate of drug-likeness (QED) is 0.226. The minimum atomic E-state index is -4.92. The summed E-state index contributed by atoms with van der Waals surface area (Å²) in [4.78, 5) is 12.4. The minimum Gasteiger partial charge on any atom is -0.492 e. The van der Waals surface area contributed by atoms with Crippen LogP contribution in [0.5, 0.6) is 11.5 Å². The number of hydrogen-bond donors (Lipinski definition) is 3. The third-order valence-corrected chi connectivity index (χ3v) is 7.54. The van der Waals surface area contributed by atoms with Gasteiger partial charge in [-0.3, -0.25) is 10.2 Å². The van der Waals surface area contributed by atoms with Gasteiger partial charge in [-0.15, -0.1) is 13.2 Å². The number of aliphatic hydroxyl groups excluding tert-OH is 1. The summed E-state index contributed by atoms with van der Waals surface area (Å²) < 4.78 is 73.2. The van der Waals surface area contributed by atoms with Gasteiger partial charge in [-0.05, 0) is 55.2 Å². The molecule has 0 amide bonds. The first-order chi connectivity index (χ1) is 17.8. The molecule has 0 bridgehead atoms. The SMILES string of the molecule is CCOc1cc(CC(=N)C(=O)[C@H]2CC=CC[C@H]2O)ccc1S(=O)(=O)C(=N)Cc1cccc(OC(F)(F)F)c1. The Morgan fingerprint density at radius 1 is 1.05 bits per heavy atom. The number of halogens is 3. The fourth-order valence-electron chi connectivity index (χ4n) is 4.02. The van der Waals surface area contributed by atoms with Gasteiger partial charge in [0.05, 0.1) is 24.3 Å². The summed E-state index contributed by atoms with van der Waals surface area (Å²) in [6.07, 6.45) is -2.17. The van der Waals surface area contributed by atoms with Crippen LogP contribution in [0.4, 0.5) is 13.2 Å². The first-order valence-corrected chi connectivity index (χ1v) is 13.2. The summed E-state index contributed by atoms with van der Waals surface area (Å²) in [5.41, 5.74) is 0.313. The zero-order valence-electron chi connectivity index (χ0n) is 20.4. The van der Waals surface area contributed by atoms with Crippen LogP contribution in [0, 0.1) is 16.7 Å². The van der Waals surface area contributed by atoms with Crippen LogP contribution in [0.15, 0.2) is 59.5 Å². The average Bonchev–Trinajstić information content (AvgIpc) is 2.83. The smallest absolute Gasteiger partial charge is 0.492 e. The summed E-state index contributed by atoms with van der Waals surface area (Å²) in [5, 5.41) is 25.7. The van der Waals surface area contributed by atoms with Gasteiger partial charge in [-0.1, -0.05) is 30.4 Å². The molecule has 2 atom stereocenters. The number of nitrogens with one attached hydrogen (secondary N) is 2. The molecular formula is C26H27F3N2O6S. The number of rotatable bonds is 10. The zero-order chi connectivity index (χ0) is 28.1. The maximum absolute atomic E-state index is 13.2. The number of ketones is 1. The molecule has 0 saturated heterocycles. The van der Waals surface area contributed by atoms with Crippen molar-refractivity contribution < 1.29 is 41.0 Å². The molecule has 2 aromatic carbocycles. The molecule has 1 aliphatic rings. The van der Waals surface area contributed by atoms with Crippen molar-refractivity contribution in [3.63, 3.8) is 0 Å². The van der Waals surface area contributed by atoms with E-state index in [-0.39, 0.29) is 34.9 Å². The topological polar surface area (TPSA) is 138 Å². The lowest BCUT2D eigenvalue weighted by atomic mass is 9.85. The zero-order valence-corrected chi connectivity index (χ0v) is 21.2. The van der Waals surface area contributed by atoms with E-state index in [4.69, 9.17) is 15.6 Å². The Kier molecular flexibility index (Phi) is 9.10. The van der Waals surface area contributed by atoms with Crippen molar-refractivity contribution >= 4 is 26.4 Å². The molecule has 0 saturated carbocycles. The van der Waals surface area contributed by atoms with Crippen molar-refractivity contribution in [2.75, 3.05) is 6.61 Å². The van der Waals surface area contributed by atoms with E-state index in [1.54, 1.807) is 19.1 Å². The molecule has 3 N–H and O–H groups in total. The highest BCUT2D eigenvalue weighted by Crippen LogP contribution is 2.30. The van der Waals surface area contributed by atoms with E-state index in [9.17, 15) is 31.5 Å². The number of carbonyl (C=O) groups is 1. The predicted octanol–water partition coefficient (Wildman–Crippen LogP) is 4.44. The molecule has 38 heavy (non-hydrogen) atoms. The van der Waals surface area contributed by atoms with Crippen molar-refractivity contribution in [1.29, 1.82) is 10.8 Å². The lowest BCUT2D eigenvalue weighted by Gasteiger charge is -2.23. The van der Waals surface area contributed by atoms with Crippen LogP contribution in [0.25, 0.3) is 0 Å². The number of benzene rings is 2. The van der Waals surface area contributed by atoms with E-state index in [2.05, 4.69) is 4.74 Å². The number of Topliss-reactive ketones (excluding diaryl/α,β-unsaturated/α-hetero) is 1. The molecule has 204 valence electrons. The third kappa shape index (κ3) is 7.29. The molecule has 0 aromatic heterocycles. The lowest BCUT2D eigenvalue weighted by molar-refractivity contribution is -0.274. The second-order valence-electron chi connectivity index (χ2n) is 8.65. The molecule has 2 aromatic rings. The van der Waals surface area contributed by atoms with E-state index >= 15 is 0 Å². The van der Waals surface area contributed by atoms with Crippen molar-refractivity contribution in [3.05, 3.63) is 65.7 Å². The van der Waals surface area contributed by atoms with Crippen LogP contribution in [0.2, 0.25) is 0 Å². The number of allylic oxidation sites excluding steroid dienone is 1. The molecule has 0 unspecified atom stereocenters. The average molecular weight is 553 g/mol. The van der Waals surface area contributed by atoms with E-state index in [1.165, 1.54) is 30.3 Å². The first-order valence-electron chi connectivity index (χ1n) is 11.7. The van der Waals surface area contributed by atoms with Crippen LogP contribution in [0.3, 0.4) is 0 Å². The lowest BCUT2D eigenvalue weighted by Crippen LogP contribution is -2.34. The van der Waals surface area contributed by atoms with Gasteiger partial charge in [0.1, 0.15) is 21.4 Å². The van der Waals surface area contributed by atoms with Gasteiger partial charge < -0.3 is 20.0 Å². The molecule has 0 spiro atoms. The second kappa shape index (κ2) is 11.9. The maximum Gasteiger partial charge on any atom is 0.573 e. The molecule has 8 nitrogen and oxygen atoms in total. The number of sulfone groups is 1. The van der Waals surface area contributed by atoms with Gasteiger partial charge in [0.2, 0.25) is 9.84 Å². The molecular weight excluding hydrogens is 525 g/mol. The highest BCUT2D eigenvalue weighted by molar-refractivity contribution is 8.06. The molecule has 0 heterocycles. The van der Waals surface area contributed by atoms with E-state index in [0.29, 0.717) is 18.4 Å². The monoisotopic (exact) mass is 552 g/mol. The summed E-state index contributed by atoms with van der Waals surface area (Å²) in [7, 11) is -4.39. The minimum absolute atomic E-state index is 0.0789. The van der Waals surface area contributed by atoms with Crippen LogP contribution < -0.4 is 9.47 Å². The predicted molar refractivity (Wildman–Crippen MR) is 134 cm³/mol. The normalized spacial score (nSPS) is 17.6. The Labute approximate surface area is 218 Å². The Hall–Kier alpha value is -3.51. The van der Waals surface area contributed by atoms with Crippen molar-refractivity contribution in [1.82, 2.24) is 0 Å². The van der Waals surface area contributed by atoms with E-state index in [1.807, 2.05) is 0 Å². The number of carbonyl (C=O) groups excluding carboxylic acids is 1. The molecule has 0 radical (unpaired) electrons. The van der Waals surface area contributed by atoms with Crippen molar-refractivity contribution in [2.24, 2.45) is 5.92 Å². The van der Waals surface area contributed by atoms with Gasteiger partial charge in [0, 0.05) is 12.8 Å². The number of alkyl halides is 3. The van der Waals surface area contributed by atoms with Gasteiger partial charge in [-0.25, -0.2) is 8.42 Å². The molecule has 3 rings (SSSR count). The van der Waals surface area contributed by atoms with Crippen molar-refractivity contribution in [2.45, 2.75) is 50.0 Å². The van der Waals surface area contributed by atoms with Gasteiger partial charge in [-0.2, -0.15) is 0 Å². The van der Waals surface area contributed by atoms with E-state index in [0.717, 1.165) is 12.1 Å². The Balaban J connectivity index is 1.80. The number of hydrogen-bond acceptors (Lipinski definition) is 8. The Morgan fingerprint density at radius 3 is 2.39 bits per heavy atom. The van der Waals surface area contributed by atoms with Crippen molar-refractivity contribution in [3.8, 4) is 11.5 Å². The highest BCUT2D eigenvalue weighted by atomic mass is 32.2. The largest absolute Gasteiger partial charge is 0.573 e. The third-order valence-electron chi connectivity index (χ3n) is 5.83. The summed E-state index contributed by atoms with van der Waals surface area (Å²) in [6, 6.07) is 8.70. The molecule has 1 aliphatic carbocycles. The summed E-state index contributed by atoms with van der Waals surface area (Å²) in [5.74, 6) is -1.81. The molecule has 0 aliphatic heterocycles. The maximum atomic E-state index is 13.2. The van der Waals surface area contributed by atoms with Gasteiger partial charge in [0.15, 0.2) is 5.78 Å². The molecule has 0 fully saturated rings. The first kappa shape index (κ1) is 29.1. The van der Waals surface area contributed by atoms with Crippen LogP contribution >= 0.6 is 0 Å². The van der Waals surface area contributed by atoms with Crippen LogP contribution in [-0.2, 0) is 27.5 Å². The van der Waals surface area contributed by atoms with Gasteiger partial charge in [0.25, 0.3) is 0 Å². The Morgan fingerprint density at radius 2 is 1.74 bits per heavy atom. The standard InChI is InChI=1S/C26H27F3N2O6S/c1-2-36-22-14-17(13-20(30)25(33)19-8-3-4-9-21(19)32)10-11-23(22)38(34,35)24(31)15-16-6-5-7-18(12-16)37-26(27,28)29/h3-7,10-12,14,19,21,30-32H,2,8-9,13,15H2,1H3/t19-,21+/m0/s1. The molecule has 12 heteroatoms. The van der Waals surface area contributed by atoms with Crippen LogP contribution in [-0.4, -0.2) is 49.1 Å².